The molecule has 1 heterocycles. The lowest BCUT2D eigenvalue weighted by molar-refractivity contribution is 0.375. The van der Waals surface area contributed by atoms with Crippen molar-refractivity contribution in [1.29, 1.82) is 5.26 Å². The minimum Gasteiger partial charge on any atom is -0.286 e. The smallest absolute Gasteiger partial charge is 0.217 e. The van der Waals surface area contributed by atoms with Crippen molar-refractivity contribution in [2.24, 2.45) is 0 Å². The number of hydrogen-bond donors (Lipinski definition) is 0. The second-order valence-electron chi connectivity index (χ2n) is 3.15. The van der Waals surface area contributed by atoms with E-state index in [0.717, 1.165) is 12.4 Å². The van der Waals surface area contributed by atoms with Crippen molar-refractivity contribution in [3.05, 3.63) is 47.3 Å². The van der Waals surface area contributed by atoms with Gasteiger partial charge >= 0.3 is 0 Å². The molecule has 1 aromatic heterocycles. The van der Waals surface area contributed by atoms with Crippen LogP contribution in [0.1, 0.15) is 5.82 Å². The minimum absolute atomic E-state index is 0.482. The topological polar surface area (TPSA) is 41.6 Å². The molecule has 0 amide bonds. The zero-order valence-corrected chi connectivity index (χ0v) is 8.39. The van der Waals surface area contributed by atoms with Crippen LogP contribution in [0, 0.1) is 40.4 Å². The molecule has 18 heavy (non-hydrogen) atoms. The molecule has 0 aliphatic carbocycles. The van der Waals surface area contributed by atoms with Gasteiger partial charge in [-0.2, -0.15) is 5.26 Å². The Labute approximate surface area is 96.7 Å². The molecule has 0 saturated heterocycles. The van der Waals surface area contributed by atoms with Gasteiger partial charge < -0.3 is 0 Å². The average molecular weight is 259 g/mol. The van der Waals surface area contributed by atoms with E-state index in [1.165, 1.54) is 6.07 Å². The van der Waals surface area contributed by atoms with Gasteiger partial charge in [0.15, 0.2) is 23.3 Å². The number of rotatable bonds is 1. The van der Waals surface area contributed by atoms with Gasteiger partial charge in [0.2, 0.25) is 11.6 Å². The van der Waals surface area contributed by atoms with Gasteiger partial charge in [0.05, 0.1) is 0 Å². The summed E-state index contributed by atoms with van der Waals surface area (Å²) in [6, 6.07) is 1.46. The molecular formula is C10H2F5N3. The molecule has 8 heteroatoms. The lowest BCUT2D eigenvalue weighted by atomic mass is 10.2. The van der Waals surface area contributed by atoms with E-state index in [0.29, 0.717) is 4.57 Å². The molecule has 2 aromatic rings. The summed E-state index contributed by atoms with van der Waals surface area (Å²) < 4.78 is 66.0. The third-order valence-corrected chi connectivity index (χ3v) is 2.17. The monoisotopic (exact) mass is 259 g/mol. The fourth-order valence-corrected chi connectivity index (χ4v) is 1.37. The summed E-state index contributed by atoms with van der Waals surface area (Å²) in [7, 11) is 0. The van der Waals surface area contributed by atoms with E-state index in [9.17, 15) is 22.0 Å². The highest BCUT2D eigenvalue weighted by Gasteiger charge is 2.27. The molecule has 2 rings (SSSR count). The summed E-state index contributed by atoms with van der Waals surface area (Å²) in [4.78, 5) is 3.40. The molecule has 1 aromatic carbocycles. The minimum atomic E-state index is -2.26. The first-order valence-electron chi connectivity index (χ1n) is 4.44. The van der Waals surface area contributed by atoms with E-state index < -0.39 is 40.6 Å². The zero-order valence-electron chi connectivity index (χ0n) is 8.39. The molecule has 92 valence electrons. The van der Waals surface area contributed by atoms with Crippen molar-refractivity contribution >= 4 is 0 Å². The molecule has 0 fully saturated rings. The Bertz CT molecular complexity index is 642. The Balaban J connectivity index is 2.85. The second-order valence-corrected chi connectivity index (χ2v) is 3.15. The van der Waals surface area contributed by atoms with E-state index >= 15 is 0 Å². The fourth-order valence-electron chi connectivity index (χ4n) is 1.37. The van der Waals surface area contributed by atoms with Crippen molar-refractivity contribution in [2.75, 3.05) is 0 Å². The Morgan fingerprint density at radius 3 is 1.94 bits per heavy atom. The Morgan fingerprint density at radius 1 is 0.944 bits per heavy atom. The number of halogens is 5. The van der Waals surface area contributed by atoms with Crippen LogP contribution in [0.5, 0.6) is 0 Å². The maximum atomic E-state index is 13.4. The third kappa shape index (κ3) is 1.52. The van der Waals surface area contributed by atoms with Crippen LogP contribution in [-0.2, 0) is 0 Å². The number of nitrogens with zero attached hydrogens (tertiary/aromatic N) is 3. The Hall–Kier alpha value is -2.43. The van der Waals surface area contributed by atoms with E-state index in [1.807, 2.05) is 0 Å². The molecular weight excluding hydrogens is 257 g/mol. The molecule has 0 saturated carbocycles. The van der Waals surface area contributed by atoms with E-state index in [2.05, 4.69) is 4.98 Å². The van der Waals surface area contributed by atoms with E-state index in [-0.39, 0.29) is 0 Å². The van der Waals surface area contributed by atoms with Crippen molar-refractivity contribution in [2.45, 2.75) is 0 Å². The summed E-state index contributed by atoms with van der Waals surface area (Å²) in [5.41, 5.74) is -1.24. The summed E-state index contributed by atoms with van der Waals surface area (Å²) in [5.74, 6) is -11.0. The first kappa shape index (κ1) is 12.0. The standard InChI is InChI=1S/C10H2F5N3/c11-5-6(12)8(14)10(9(15)7(5)13)18-2-1-17-4(18)3-16/h1-2H. The second kappa shape index (κ2) is 4.10. The van der Waals surface area contributed by atoms with Crippen molar-refractivity contribution < 1.29 is 22.0 Å². The fraction of sp³-hybridized carbons (Fsp3) is 0. The largest absolute Gasteiger partial charge is 0.286 e. The molecule has 0 aliphatic heterocycles. The van der Waals surface area contributed by atoms with Gasteiger partial charge in [-0.25, -0.2) is 26.9 Å². The van der Waals surface area contributed by atoms with Crippen LogP contribution in [0.2, 0.25) is 0 Å². The van der Waals surface area contributed by atoms with Crippen molar-refractivity contribution in [3.8, 4) is 11.8 Å². The van der Waals surface area contributed by atoms with Gasteiger partial charge in [0.1, 0.15) is 11.8 Å². The molecule has 0 atom stereocenters. The van der Waals surface area contributed by atoms with E-state index in [4.69, 9.17) is 5.26 Å². The number of imidazole rings is 1. The summed E-state index contributed by atoms with van der Waals surface area (Å²) >= 11 is 0. The van der Waals surface area contributed by atoms with Gasteiger partial charge in [-0.05, 0) is 0 Å². The molecule has 0 N–H and O–H groups in total. The Morgan fingerprint density at radius 2 is 1.44 bits per heavy atom. The molecule has 0 radical (unpaired) electrons. The number of hydrogen-bond acceptors (Lipinski definition) is 2. The predicted molar refractivity (Wildman–Crippen MR) is 48.1 cm³/mol. The number of benzene rings is 1. The summed E-state index contributed by atoms with van der Waals surface area (Å²) in [6.45, 7) is 0. The molecule has 0 spiro atoms. The first-order valence-corrected chi connectivity index (χ1v) is 4.44. The van der Waals surface area contributed by atoms with Crippen LogP contribution < -0.4 is 0 Å². The quantitative estimate of drug-likeness (QED) is 0.448. The first-order chi connectivity index (χ1) is 8.49. The van der Waals surface area contributed by atoms with Crippen LogP contribution in [0.15, 0.2) is 12.4 Å². The zero-order chi connectivity index (χ0) is 13.4. The predicted octanol–water partition coefficient (Wildman–Crippen LogP) is 2.44. The van der Waals surface area contributed by atoms with Crippen LogP contribution in [0.3, 0.4) is 0 Å². The number of aromatic nitrogens is 2. The van der Waals surface area contributed by atoms with E-state index in [1.54, 1.807) is 0 Å². The maximum Gasteiger partial charge on any atom is 0.217 e. The summed E-state index contributed by atoms with van der Waals surface area (Å²) in [5, 5.41) is 8.60. The van der Waals surface area contributed by atoms with Crippen LogP contribution in [-0.4, -0.2) is 9.55 Å². The van der Waals surface area contributed by atoms with Crippen molar-refractivity contribution in [1.82, 2.24) is 9.55 Å². The average Bonchev–Trinajstić information content (AvgIpc) is 2.82. The SMILES string of the molecule is N#Cc1nccn1-c1c(F)c(F)c(F)c(F)c1F. The van der Waals surface area contributed by atoms with Crippen molar-refractivity contribution in [3.63, 3.8) is 0 Å². The van der Waals surface area contributed by atoms with Crippen LogP contribution in [0.4, 0.5) is 22.0 Å². The highest BCUT2D eigenvalue weighted by Crippen LogP contribution is 2.26. The van der Waals surface area contributed by atoms with Gasteiger partial charge in [-0.15, -0.1) is 0 Å². The van der Waals surface area contributed by atoms with Crippen LogP contribution in [0.25, 0.3) is 5.69 Å². The molecule has 0 unspecified atom stereocenters. The third-order valence-electron chi connectivity index (χ3n) is 2.17. The van der Waals surface area contributed by atoms with Gasteiger partial charge in [-0.1, -0.05) is 0 Å². The highest BCUT2D eigenvalue weighted by molar-refractivity contribution is 5.40. The summed E-state index contributed by atoms with van der Waals surface area (Å²) in [6.07, 6.45) is 1.91. The van der Waals surface area contributed by atoms with Crippen LogP contribution >= 0.6 is 0 Å². The molecule has 0 aliphatic rings. The Kier molecular flexibility index (Phi) is 2.74. The molecule has 3 nitrogen and oxygen atoms in total. The maximum absolute atomic E-state index is 13.4. The van der Waals surface area contributed by atoms with Gasteiger partial charge in [-0.3, -0.25) is 4.57 Å². The lowest BCUT2D eigenvalue weighted by Crippen LogP contribution is -2.10. The highest BCUT2D eigenvalue weighted by atomic mass is 19.2. The molecule has 0 bridgehead atoms. The number of nitriles is 1. The van der Waals surface area contributed by atoms with Gasteiger partial charge in [0, 0.05) is 12.4 Å². The van der Waals surface area contributed by atoms with Gasteiger partial charge in [0.25, 0.3) is 0 Å². The lowest BCUT2D eigenvalue weighted by Gasteiger charge is -2.09. The normalized spacial score (nSPS) is 10.4.